The van der Waals surface area contributed by atoms with Crippen LogP contribution in [0.4, 0.5) is 0 Å². The highest BCUT2D eigenvalue weighted by Gasteiger charge is 2.32. The second-order valence-corrected chi connectivity index (χ2v) is 7.95. The van der Waals surface area contributed by atoms with Gasteiger partial charge in [-0.15, -0.1) is 22.7 Å². The molecule has 1 aliphatic carbocycles. The van der Waals surface area contributed by atoms with E-state index in [-0.39, 0.29) is 5.91 Å². The van der Waals surface area contributed by atoms with Crippen molar-refractivity contribution in [1.82, 2.24) is 9.88 Å². The van der Waals surface area contributed by atoms with Crippen LogP contribution in [0, 0.1) is 6.92 Å². The number of furan rings is 1. The number of thiophene rings is 1. The van der Waals surface area contributed by atoms with Gasteiger partial charge in [-0.1, -0.05) is 6.07 Å². The number of carbonyl (C=O) groups is 1. The summed E-state index contributed by atoms with van der Waals surface area (Å²) < 4.78 is 5.61. The molecule has 6 heteroatoms. The van der Waals surface area contributed by atoms with Crippen molar-refractivity contribution in [1.29, 1.82) is 0 Å². The Kier molecular flexibility index (Phi) is 4.24. The van der Waals surface area contributed by atoms with Crippen molar-refractivity contribution in [3.63, 3.8) is 0 Å². The summed E-state index contributed by atoms with van der Waals surface area (Å²) in [5.74, 6) is 1.81. The molecule has 3 aromatic rings. The van der Waals surface area contributed by atoms with Gasteiger partial charge in [0, 0.05) is 16.3 Å². The van der Waals surface area contributed by atoms with Crippen molar-refractivity contribution in [3.8, 4) is 10.8 Å². The molecule has 0 atom stereocenters. The quantitative estimate of drug-likeness (QED) is 0.651. The molecule has 0 bridgehead atoms. The minimum Gasteiger partial charge on any atom is -0.459 e. The third-order valence-electron chi connectivity index (χ3n) is 4.05. The Hall–Kier alpha value is -1.92. The highest BCUT2D eigenvalue weighted by Crippen LogP contribution is 2.30. The van der Waals surface area contributed by atoms with E-state index in [0.29, 0.717) is 12.5 Å². The number of aryl methyl sites for hydroxylation is 1. The van der Waals surface area contributed by atoms with Crippen LogP contribution in [-0.2, 0) is 17.8 Å². The third-order valence-corrected chi connectivity index (χ3v) is 5.82. The highest BCUT2D eigenvalue weighted by molar-refractivity contribution is 7.13. The van der Waals surface area contributed by atoms with Crippen molar-refractivity contribution < 1.29 is 9.21 Å². The predicted molar refractivity (Wildman–Crippen MR) is 96.1 cm³/mol. The van der Waals surface area contributed by atoms with E-state index in [4.69, 9.17) is 4.42 Å². The molecule has 1 amide bonds. The summed E-state index contributed by atoms with van der Waals surface area (Å²) in [5.41, 5.74) is 0.825. The Morgan fingerprint density at radius 2 is 2.21 bits per heavy atom. The van der Waals surface area contributed by atoms with Crippen LogP contribution in [-0.4, -0.2) is 21.8 Å². The van der Waals surface area contributed by atoms with Gasteiger partial charge in [0.2, 0.25) is 5.91 Å². The summed E-state index contributed by atoms with van der Waals surface area (Å²) >= 11 is 3.23. The van der Waals surface area contributed by atoms with Crippen LogP contribution in [0.3, 0.4) is 0 Å². The minimum atomic E-state index is 0.165. The molecule has 24 heavy (non-hydrogen) atoms. The SMILES string of the molecule is Cc1ccc(-c2nc(CC(=O)N(Cc3cccs3)C3CC3)cs2)o1. The van der Waals surface area contributed by atoms with Gasteiger partial charge in [-0.25, -0.2) is 4.98 Å². The summed E-state index contributed by atoms with van der Waals surface area (Å²) in [4.78, 5) is 20.6. The molecule has 3 aromatic heterocycles. The number of thiazole rings is 1. The molecule has 1 fully saturated rings. The van der Waals surface area contributed by atoms with E-state index < -0.39 is 0 Å². The maximum Gasteiger partial charge on any atom is 0.229 e. The molecule has 0 N–H and O–H groups in total. The van der Waals surface area contributed by atoms with Crippen LogP contribution < -0.4 is 0 Å². The second kappa shape index (κ2) is 6.53. The van der Waals surface area contributed by atoms with E-state index >= 15 is 0 Å². The summed E-state index contributed by atoms with van der Waals surface area (Å²) in [6, 6.07) is 8.39. The van der Waals surface area contributed by atoms with E-state index in [1.165, 1.54) is 16.2 Å². The van der Waals surface area contributed by atoms with Crippen LogP contribution >= 0.6 is 22.7 Å². The van der Waals surface area contributed by atoms with Gasteiger partial charge in [0.05, 0.1) is 18.7 Å². The maximum atomic E-state index is 12.7. The fourth-order valence-electron chi connectivity index (χ4n) is 2.68. The fraction of sp³-hybridized carbons (Fsp3) is 0.333. The van der Waals surface area contributed by atoms with E-state index in [9.17, 15) is 4.79 Å². The first-order valence-electron chi connectivity index (χ1n) is 8.02. The van der Waals surface area contributed by atoms with Gasteiger partial charge in [-0.3, -0.25) is 4.79 Å². The smallest absolute Gasteiger partial charge is 0.229 e. The van der Waals surface area contributed by atoms with Gasteiger partial charge in [0.1, 0.15) is 5.76 Å². The lowest BCUT2D eigenvalue weighted by Crippen LogP contribution is -2.33. The Labute approximate surface area is 148 Å². The number of hydrogen-bond acceptors (Lipinski definition) is 5. The third kappa shape index (κ3) is 3.44. The lowest BCUT2D eigenvalue weighted by molar-refractivity contribution is -0.131. The number of carbonyl (C=O) groups excluding carboxylic acids is 1. The fourth-order valence-corrected chi connectivity index (χ4v) is 4.17. The summed E-state index contributed by atoms with van der Waals surface area (Å²) in [6.07, 6.45) is 2.59. The van der Waals surface area contributed by atoms with Crippen LogP contribution in [0.5, 0.6) is 0 Å². The molecule has 0 unspecified atom stereocenters. The Balaban J connectivity index is 1.45. The monoisotopic (exact) mass is 358 g/mol. The van der Waals surface area contributed by atoms with Crippen molar-refractivity contribution in [2.45, 2.75) is 38.8 Å². The van der Waals surface area contributed by atoms with E-state index in [1.54, 1.807) is 11.3 Å². The zero-order valence-electron chi connectivity index (χ0n) is 13.4. The Morgan fingerprint density at radius 1 is 1.33 bits per heavy atom. The molecule has 4 nitrogen and oxygen atoms in total. The standard InChI is InChI=1S/C18H18N2O2S2/c1-12-4-7-16(22-12)18-19-13(11-24-18)9-17(21)20(14-5-6-14)10-15-3-2-8-23-15/h2-4,7-8,11,14H,5-6,9-10H2,1H3. The number of amides is 1. The van der Waals surface area contributed by atoms with Gasteiger partial charge in [0.15, 0.2) is 10.8 Å². The number of nitrogens with zero attached hydrogens (tertiary/aromatic N) is 2. The van der Waals surface area contributed by atoms with Crippen molar-refractivity contribution >= 4 is 28.6 Å². The first-order valence-corrected chi connectivity index (χ1v) is 9.78. The maximum absolute atomic E-state index is 12.7. The molecule has 1 saturated carbocycles. The average molecular weight is 358 g/mol. The molecular formula is C18H18N2O2S2. The Bertz CT molecular complexity index is 831. The summed E-state index contributed by atoms with van der Waals surface area (Å²) in [5, 5.41) is 4.85. The zero-order chi connectivity index (χ0) is 16.5. The van der Waals surface area contributed by atoms with Gasteiger partial charge in [-0.2, -0.15) is 0 Å². The van der Waals surface area contributed by atoms with E-state index in [0.717, 1.165) is 41.6 Å². The van der Waals surface area contributed by atoms with E-state index in [2.05, 4.69) is 16.4 Å². The number of hydrogen-bond donors (Lipinski definition) is 0. The van der Waals surface area contributed by atoms with Gasteiger partial charge < -0.3 is 9.32 Å². The topological polar surface area (TPSA) is 46.3 Å². The normalized spacial score (nSPS) is 14.0. The molecule has 3 heterocycles. The first-order chi connectivity index (χ1) is 11.7. The summed E-state index contributed by atoms with van der Waals surface area (Å²) in [7, 11) is 0. The molecule has 0 aliphatic heterocycles. The van der Waals surface area contributed by atoms with E-state index in [1.807, 2.05) is 35.4 Å². The van der Waals surface area contributed by atoms with Crippen molar-refractivity contribution in [2.24, 2.45) is 0 Å². The molecule has 1 aliphatic rings. The second-order valence-electron chi connectivity index (χ2n) is 6.06. The van der Waals surface area contributed by atoms with Crippen molar-refractivity contribution in [2.75, 3.05) is 0 Å². The molecule has 0 radical (unpaired) electrons. The molecule has 4 rings (SSSR count). The molecule has 124 valence electrons. The largest absolute Gasteiger partial charge is 0.459 e. The van der Waals surface area contributed by atoms with Crippen LogP contribution in [0.15, 0.2) is 39.4 Å². The minimum absolute atomic E-state index is 0.165. The zero-order valence-corrected chi connectivity index (χ0v) is 15.0. The van der Waals surface area contributed by atoms with Crippen LogP contribution in [0.1, 0.15) is 29.2 Å². The van der Waals surface area contributed by atoms with Crippen LogP contribution in [0.25, 0.3) is 10.8 Å². The van der Waals surface area contributed by atoms with Crippen molar-refractivity contribution in [3.05, 3.63) is 51.4 Å². The molecule has 0 saturated heterocycles. The average Bonchev–Trinajstić information content (AvgIpc) is 2.96. The lowest BCUT2D eigenvalue weighted by atomic mass is 10.2. The first kappa shape index (κ1) is 15.6. The van der Waals surface area contributed by atoms with Gasteiger partial charge in [-0.05, 0) is 43.3 Å². The van der Waals surface area contributed by atoms with Gasteiger partial charge >= 0.3 is 0 Å². The highest BCUT2D eigenvalue weighted by atomic mass is 32.1. The predicted octanol–water partition coefficient (Wildman–Crippen LogP) is 4.51. The Morgan fingerprint density at radius 3 is 2.88 bits per heavy atom. The lowest BCUT2D eigenvalue weighted by Gasteiger charge is -2.21. The molecular weight excluding hydrogens is 340 g/mol. The number of rotatable bonds is 6. The summed E-state index contributed by atoms with van der Waals surface area (Å²) in [6.45, 7) is 2.63. The molecule has 0 spiro atoms. The number of aromatic nitrogens is 1. The van der Waals surface area contributed by atoms with Gasteiger partial charge in [0.25, 0.3) is 0 Å². The molecule has 0 aromatic carbocycles. The van der Waals surface area contributed by atoms with Crippen LogP contribution in [0.2, 0.25) is 0 Å².